The number of benzene rings is 1. The number of aryl methyl sites for hydroxylation is 1. The quantitative estimate of drug-likeness (QED) is 0.856. The van der Waals surface area contributed by atoms with Crippen molar-refractivity contribution in [3.63, 3.8) is 0 Å². The average molecular weight is 317 g/mol. The van der Waals surface area contributed by atoms with E-state index in [0.29, 0.717) is 0 Å². The molecule has 5 heteroatoms. The smallest absolute Gasteiger partial charge is 0.143 e. The first-order valence-electron chi connectivity index (χ1n) is 6.16. The van der Waals surface area contributed by atoms with E-state index in [2.05, 4.69) is 44.3 Å². The van der Waals surface area contributed by atoms with Crippen molar-refractivity contribution in [2.75, 3.05) is 0 Å². The second-order valence-electron chi connectivity index (χ2n) is 5.09. The predicted molar refractivity (Wildman–Crippen MR) is 74.3 cm³/mol. The highest BCUT2D eigenvalue weighted by Crippen LogP contribution is 2.51. The van der Waals surface area contributed by atoms with Gasteiger partial charge in [-0.15, -0.1) is 10.2 Å². The molecule has 4 nitrogen and oxygen atoms in total. The second-order valence-corrected chi connectivity index (χ2v) is 6.01. The van der Waals surface area contributed by atoms with Gasteiger partial charge in [0.05, 0.1) is 11.5 Å². The van der Waals surface area contributed by atoms with E-state index in [4.69, 9.17) is 5.26 Å². The van der Waals surface area contributed by atoms with E-state index in [1.54, 1.807) is 6.33 Å². The third-order valence-corrected chi connectivity index (χ3v) is 4.38. The molecular weight excluding hydrogens is 304 g/mol. The molecule has 1 heterocycles. The van der Waals surface area contributed by atoms with E-state index in [-0.39, 0.29) is 11.3 Å². The van der Waals surface area contributed by atoms with Crippen LogP contribution in [0.15, 0.2) is 35.1 Å². The summed E-state index contributed by atoms with van der Waals surface area (Å²) in [5, 5.41) is 17.3. The van der Waals surface area contributed by atoms with Gasteiger partial charge in [0, 0.05) is 17.4 Å². The van der Waals surface area contributed by atoms with Crippen molar-refractivity contribution in [1.29, 1.82) is 5.26 Å². The molecule has 1 aliphatic rings. The van der Waals surface area contributed by atoms with Crippen LogP contribution in [-0.4, -0.2) is 14.8 Å². The van der Waals surface area contributed by atoms with E-state index < -0.39 is 0 Å². The number of hydrogen-bond donors (Lipinski definition) is 0. The fourth-order valence-corrected chi connectivity index (χ4v) is 3.32. The molecule has 0 N–H and O–H groups in total. The fraction of sp³-hybridized carbons (Fsp3) is 0.357. The minimum atomic E-state index is -0.171. The van der Waals surface area contributed by atoms with E-state index in [9.17, 15) is 0 Å². The zero-order valence-electron chi connectivity index (χ0n) is 10.5. The zero-order valence-corrected chi connectivity index (χ0v) is 12.1. The molecule has 2 aromatic rings. The first-order chi connectivity index (χ1) is 9.15. The van der Waals surface area contributed by atoms with E-state index in [0.717, 1.165) is 23.1 Å². The van der Waals surface area contributed by atoms with Crippen LogP contribution >= 0.6 is 15.9 Å². The maximum atomic E-state index is 9.08. The van der Waals surface area contributed by atoms with Crippen LogP contribution in [0.5, 0.6) is 0 Å². The SMILES string of the molecule is Cn1cnnc1C1(c2cccc(Br)c2)CC(C#N)C1. The first kappa shape index (κ1) is 12.4. The van der Waals surface area contributed by atoms with Crippen molar-refractivity contribution >= 4 is 15.9 Å². The van der Waals surface area contributed by atoms with Gasteiger partial charge in [0.25, 0.3) is 0 Å². The number of nitriles is 1. The lowest BCUT2D eigenvalue weighted by molar-refractivity contribution is 0.215. The van der Waals surface area contributed by atoms with Gasteiger partial charge in [-0.2, -0.15) is 5.26 Å². The summed E-state index contributed by atoms with van der Waals surface area (Å²) < 4.78 is 3.00. The largest absolute Gasteiger partial charge is 0.320 e. The average Bonchev–Trinajstić information content (AvgIpc) is 2.76. The molecule has 0 amide bonds. The minimum Gasteiger partial charge on any atom is -0.320 e. The summed E-state index contributed by atoms with van der Waals surface area (Å²) in [5.74, 6) is 1.05. The van der Waals surface area contributed by atoms with Gasteiger partial charge >= 0.3 is 0 Å². The number of halogens is 1. The Morgan fingerprint density at radius 2 is 2.26 bits per heavy atom. The summed E-state index contributed by atoms with van der Waals surface area (Å²) >= 11 is 3.51. The molecule has 0 spiro atoms. The molecular formula is C14H13BrN4. The van der Waals surface area contributed by atoms with Crippen molar-refractivity contribution in [2.45, 2.75) is 18.3 Å². The lowest BCUT2D eigenvalue weighted by Crippen LogP contribution is -2.43. The summed E-state index contributed by atoms with van der Waals surface area (Å²) in [6, 6.07) is 10.6. The van der Waals surface area contributed by atoms with Crippen LogP contribution in [-0.2, 0) is 12.5 Å². The van der Waals surface area contributed by atoms with Crippen LogP contribution in [0.2, 0.25) is 0 Å². The Hall–Kier alpha value is -1.67. The molecule has 0 atom stereocenters. The molecule has 1 saturated carbocycles. The molecule has 0 aliphatic heterocycles. The van der Waals surface area contributed by atoms with Crippen LogP contribution in [0, 0.1) is 17.2 Å². The summed E-state index contributed by atoms with van der Waals surface area (Å²) in [7, 11) is 1.95. The van der Waals surface area contributed by atoms with Gasteiger partial charge in [-0.05, 0) is 30.5 Å². The van der Waals surface area contributed by atoms with Crippen molar-refractivity contribution in [1.82, 2.24) is 14.8 Å². The number of rotatable bonds is 2. The molecule has 1 aromatic carbocycles. The topological polar surface area (TPSA) is 54.5 Å². The summed E-state index contributed by atoms with van der Waals surface area (Å²) in [4.78, 5) is 0. The van der Waals surface area contributed by atoms with Gasteiger partial charge < -0.3 is 4.57 Å². The van der Waals surface area contributed by atoms with Gasteiger partial charge in [-0.25, -0.2) is 0 Å². The van der Waals surface area contributed by atoms with Gasteiger partial charge in [-0.3, -0.25) is 0 Å². The number of hydrogen-bond acceptors (Lipinski definition) is 3. The van der Waals surface area contributed by atoms with Crippen LogP contribution in [0.4, 0.5) is 0 Å². The lowest BCUT2D eigenvalue weighted by atomic mass is 9.58. The maximum absolute atomic E-state index is 9.08. The van der Waals surface area contributed by atoms with Crippen LogP contribution in [0.25, 0.3) is 0 Å². The Labute approximate surface area is 120 Å². The van der Waals surface area contributed by atoms with Crippen LogP contribution < -0.4 is 0 Å². The molecule has 0 bridgehead atoms. The maximum Gasteiger partial charge on any atom is 0.143 e. The van der Waals surface area contributed by atoms with E-state index in [1.807, 2.05) is 23.7 Å². The van der Waals surface area contributed by atoms with Crippen LogP contribution in [0.3, 0.4) is 0 Å². The lowest BCUT2D eigenvalue weighted by Gasteiger charge is -2.44. The van der Waals surface area contributed by atoms with Gasteiger partial charge in [-0.1, -0.05) is 28.1 Å². The minimum absolute atomic E-state index is 0.107. The second kappa shape index (κ2) is 4.46. The highest BCUT2D eigenvalue weighted by atomic mass is 79.9. The Balaban J connectivity index is 2.10. The normalized spacial score (nSPS) is 25.6. The number of nitrogens with zero attached hydrogens (tertiary/aromatic N) is 4. The molecule has 1 fully saturated rings. The van der Waals surface area contributed by atoms with Crippen LogP contribution in [0.1, 0.15) is 24.2 Å². The van der Waals surface area contributed by atoms with Gasteiger partial charge in [0.1, 0.15) is 12.2 Å². The third-order valence-electron chi connectivity index (χ3n) is 3.89. The molecule has 0 saturated heterocycles. The van der Waals surface area contributed by atoms with Crippen molar-refractivity contribution in [3.05, 3.63) is 46.5 Å². The van der Waals surface area contributed by atoms with Crippen molar-refractivity contribution in [3.8, 4) is 6.07 Å². The zero-order chi connectivity index (χ0) is 13.5. The predicted octanol–water partition coefficient (Wildman–Crippen LogP) is 2.80. The van der Waals surface area contributed by atoms with Crippen molar-refractivity contribution < 1.29 is 0 Å². The summed E-state index contributed by atoms with van der Waals surface area (Å²) in [6.07, 6.45) is 3.34. The molecule has 1 aliphatic carbocycles. The molecule has 0 unspecified atom stereocenters. The van der Waals surface area contributed by atoms with Gasteiger partial charge in [0.2, 0.25) is 0 Å². The Morgan fingerprint density at radius 1 is 1.47 bits per heavy atom. The van der Waals surface area contributed by atoms with Crippen molar-refractivity contribution in [2.24, 2.45) is 13.0 Å². The molecule has 3 rings (SSSR count). The molecule has 96 valence electrons. The summed E-state index contributed by atoms with van der Waals surface area (Å²) in [5.41, 5.74) is 1.03. The van der Waals surface area contributed by atoms with E-state index >= 15 is 0 Å². The summed E-state index contributed by atoms with van der Waals surface area (Å²) in [6.45, 7) is 0. The van der Waals surface area contributed by atoms with E-state index in [1.165, 1.54) is 5.56 Å². The molecule has 1 aromatic heterocycles. The van der Waals surface area contributed by atoms with Gasteiger partial charge in [0.15, 0.2) is 0 Å². The fourth-order valence-electron chi connectivity index (χ4n) is 2.92. The molecule has 0 radical (unpaired) electrons. The Bertz CT molecular complexity index is 649. The first-order valence-corrected chi connectivity index (χ1v) is 6.95. The Kier molecular flexibility index (Phi) is 2.90. The molecule has 19 heavy (non-hydrogen) atoms. The monoisotopic (exact) mass is 316 g/mol. The number of aromatic nitrogens is 3. The Morgan fingerprint density at radius 3 is 2.84 bits per heavy atom. The highest BCUT2D eigenvalue weighted by Gasteiger charge is 2.50. The standard InChI is InChI=1S/C14H13BrN4/c1-19-9-17-18-13(19)14(6-10(7-14)8-16)11-3-2-4-12(15)5-11/h2-5,9-10H,6-7H2,1H3. The third kappa shape index (κ3) is 1.87. The highest BCUT2D eigenvalue weighted by molar-refractivity contribution is 9.10.